The van der Waals surface area contributed by atoms with Crippen molar-refractivity contribution in [1.82, 2.24) is 9.97 Å². The summed E-state index contributed by atoms with van der Waals surface area (Å²) in [6, 6.07) is 8.68. The zero-order chi connectivity index (χ0) is 16.4. The van der Waals surface area contributed by atoms with Crippen LogP contribution in [-0.2, 0) is 11.3 Å². The predicted molar refractivity (Wildman–Crippen MR) is 89.4 cm³/mol. The minimum atomic E-state index is -0.391. The Morgan fingerprint density at radius 2 is 2.09 bits per heavy atom. The van der Waals surface area contributed by atoms with E-state index in [4.69, 9.17) is 0 Å². The van der Waals surface area contributed by atoms with Gasteiger partial charge < -0.3 is 10.2 Å². The molecule has 1 aromatic carbocycles. The summed E-state index contributed by atoms with van der Waals surface area (Å²) >= 11 is 0. The van der Waals surface area contributed by atoms with Crippen molar-refractivity contribution in [2.75, 3.05) is 10.2 Å². The number of nitrogens with one attached hydrogen (secondary N) is 2. The number of hydrogen-bond donors (Lipinski definition) is 2. The standard InChI is InChI=1S/C17H20N4O2/c1-3-11(2)15-16(23)19-13-7-5-4-6-12(13)10-21(15)17-18-9-8-14(22)20-17/h4-9,11,15H,3,10H2,1-2H3,(H,19,23)(H,18,20,22)/t11-,15?/m0/s1. The third kappa shape index (κ3) is 2.97. The minimum absolute atomic E-state index is 0.0733. The number of anilines is 2. The van der Waals surface area contributed by atoms with E-state index >= 15 is 0 Å². The summed E-state index contributed by atoms with van der Waals surface area (Å²) in [6.07, 6.45) is 2.32. The number of aromatic amines is 1. The van der Waals surface area contributed by atoms with Crippen molar-refractivity contribution in [2.45, 2.75) is 32.9 Å². The number of fused-ring (bicyclic) bond motifs is 1. The van der Waals surface area contributed by atoms with E-state index in [1.54, 1.807) is 0 Å². The summed E-state index contributed by atoms with van der Waals surface area (Å²) in [5, 5.41) is 3.00. The number of H-pyrrole nitrogens is 1. The van der Waals surface area contributed by atoms with Gasteiger partial charge >= 0.3 is 0 Å². The SMILES string of the molecule is CC[C@H](C)C1C(=O)Nc2ccccc2CN1c1nccc(=O)[nH]1. The molecule has 23 heavy (non-hydrogen) atoms. The summed E-state index contributed by atoms with van der Waals surface area (Å²) in [4.78, 5) is 33.3. The maximum Gasteiger partial charge on any atom is 0.252 e. The van der Waals surface area contributed by atoms with Gasteiger partial charge in [-0.3, -0.25) is 14.6 Å². The number of para-hydroxylation sites is 1. The lowest BCUT2D eigenvalue weighted by Gasteiger charge is -2.32. The Balaban J connectivity index is 2.10. The number of aromatic nitrogens is 2. The Morgan fingerprint density at radius 1 is 1.30 bits per heavy atom. The molecule has 2 N–H and O–H groups in total. The van der Waals surface area contributed by atoms with Gasteiger partial charge in [-0.25, -0.2) is 4.98 Å². The van der Waals surface area contributed by atoms with Gasteiger partial charge in [0, 0.05) is 24.5 Å². The smallest absolute Gasteiger partial charge is 0.252 e. The van der Waals surface area contributed by atoms with Gasteiger partial charge in [-0.2, -0.15) is 0 Å². The van der Waals surface area contributed by atoms with Crippen LogP contribution in [0.15, 0.2) is 41.3 Å². The van der Waals surface area contributed by atoms with Crippen molar-refractivity contribution < 1.29 is 4.79 Å². The number of hydrogen-bond acceptors (Lipinski definition) is 4. The first kappa shape index (κ1) is 15.3. The molecule has 3 rings (SSSR count). The molecule has 0 bridgehead atoms. The van der Waals surface area contributed by atoms with Crippen LogP contribution >= 0.6 is 0 Å². The van der Waals surface area contributed by atoms with Crippen LogP contribution in [0.2, 0.25) is 0 Å². The number of carbonyl (C=O) groups excluding carboxylic acids is 1. The van der Waals surface area contributed by atoms with Crippen LogP contribution in [-0.4, -0.2) is 21.9 Å². The highest BCUT2D eigenvalue weighted by atomic mass is 16.2. The van der Waals surface area contributed by atoms with Crippen LogP contribution in [0, 0.1) is 5.92 Å². The molecule has 1 aliphatic rings. The number of amides is 1. The first-order valence-electron chi connectivity index (χ1n) is 7.81. The molecule has 120 valence electrons. The van der Waals surface area contributed by atoms with Crippen molar-refractivity contribution in [2.24, 2.45) is 5.92 Å². The molecule has 1 aromatic heterocycles. The van der Waals surface area contributed by atoms with Crippen LogP contribution in [0.25, 0.3) is 0 Å². The molecule has 6 heteroatoms. The summed E-state index contributed by atoms with van der Waals surface area (Å²) in [7, 11) is 0. The average molecular weight is 312 g/mol. The van der Waals surface area contributed by atoms with E-state index in [-0.39, 0.29) is 17.4 Å². The topological polar surface area (TPSA) is 78.1 Å². The number of nitrogens with zero attached hydrogens (tertiary/aromatic N) is 2. The lowest BCUT2D eigenvalue weighted by molar-refractivity contribution is -0.118. The molecule has 2 aromatic rings. The van der Waals surface area contributed by atoms with Gasteiger partial charge in [0.15, 0.2) is 0 Å². The fourth-order valence-corrected chi connectivity index (χ4v) is 2.91. The average Bonchev–Trinajstić information content (AvgIpc) is 2.70. The quantitative estimate of drug-likeness (QED) is 0.910. The van der Waals surface area contributed by atoms with Crippen LogP contribution in [0.4, 0.5) is 11.6 Å². The highest BCUT2D eigenvalue weighted by Gasteiger charge is 2.35. The van der Waals surface area contributed by atoms with Gasteiger partial charge in [-0.15, -0.1) is 0 Å². The Bertz CT molecular complexity index is 771. The summed E-state index contributed by atoms with van der Waals surface area (Å²) in [6.45, 7) is 4.60. The van der Waals surface area contributed by atoms with Crippen molar-refractivity contribution in [3.63, 3.8) is 0 Å². The Hall–Kier alpha value is -2.63. The maximum atomic E-state index is 12.8. The third-order valence-electron chi connectivity index (χ3n) is 4.33. The molecule has 2 atom stereocenters. The molecular weight excluding hydrogens is 292 g/mol. The second-order valence-corrected chi connectivity index (χ2v) is 5.86. The first-order valence-corrected chi connectivity index (χ1v) is 7.81. The molecule has 0 spiro atoms. The Labute approximate surface area is 134 Å². The summed E-state index contributed by atoms with van der Waals surface area (Å²) in [5.74, 6) is 0.472. The molecule has 1 aliphatic heterocycles. The minimum Gasteiger partial charge on any atom is -0.326 e. The van der Waals surface area contributed by atoms with E-state index in [9.17, 15) is 9.59 Å². The molecule has 2 heterocycles. The first-order chi connectivity index (χ1) is 11.1. The monoisotopic (exact) mass is 312 g/mol. The van der Waals surface area contributed by atoms with Crippen LogP contribution in [0.3, 0.4) is 0 Å². The van der Waals surface area contributed by atoms with E-state index in [0.717, 1.165) is 17.7 Å². The maximum absolute atomic E-state index is 12.8. The van der Waals surface area contributed by atoms with Gasteiger partial charge in [-0.1, -0.05) is 38.5 Å². The zero-order valence-electron chi connectivity index (χ0n) is 13.2. The molecule has 6 nitrogen and oxygen atoms in total. The number of carbonyl (C=O) groups is 1. The lowest BCUT2D eigenvalue weighted by atomic mass is 9.97. The van der Waals surface area contributed by atoms with Gasteiger partial charge in [0.2, 0.25) is 11.9 Å². The largest absolute Gasteiger partial charge is 0.326 e. The molecule has 0 aliphatic carbocycles. The molecular formula is C17H20N4O2. The molecule has 0 saturated heterocycles. The fraction of sp³-hybridized carbons (Fsp3) is 0.353. The van der Waals surface area contributed by atoms with Crippen LogP contribution in [0.1, 0.15) is 25.8 Å². The van der Waals surface area contributed by atoms with Gasteiger partial charge in [-0.05, 0) is 17.5 Å². The molecule has 0 radical (unpaired) electrons. The third-order valence-corrected chi connectivity index (χ3v) is 4.33. The van der Waals surface area contributed by atoms with Crippen LogP contribution < -0.4 is 15.8 Å². The van der Waals surface area contributed by atoms with Gasteiger partial charge in [0.05, 0.1) is 0 Å². The van der Waals surface area contributed by atoms with E-state index in [1.165, 1.54) is 12.3 Å². The highest BCUT2D eigenvalue weighted by molar-refractivity contribution is 5.98. The lowest BCUT2D eigenvalue weighted by Crippen LogP contribution is -2.47. The van der Waals surface area contributed by atoms with Crippen molar-refractivity contribution in [3.8, 4) is 0 Å². The van der Waals surface area contributed by atoms with Crippen molar-refractivity contribution in [1.29, 1.82) is 0 Å². The fourth-order valence-electron chi connectivity index (χ4n) is 2.91. The van der Waals surface area contributed by atoms with E-state index < -0.39 is 6.04 Å². The summed E-state index contributed by atoms with van der Waals surface area (Å²) in [5.41, 5.74) is 1.58. The van der Waals surface area contributed by atoms with Gasteiger partial charge in [0.1, 0.15) is 6.04 Å². The van der Waals surface area contributed by atoms with E-state index in [2.05, 4.69) is 22.2 Å². The zero-order valence-corrected chi connectivity index (χ0v) is 13.2. The Kier molecular flexibility index (Phi) is 4.14. The van der Waals surface area contributed by atoms with Crippen LogP contribution in [0.5, 0.6) is 0 Å². The number of benzene rings is 1. The van der Waals surface area contributed by atoms with E-state index in [0.29, 0.717) is 12.5 Å². The molecule has 1 unspecified atom stereocenters. The van der Waals surface area contributed by atoms with Crippen molar-refractivity contribution >= 4 is 17.5 Å². The molecule has 1 amide bonds. The second kappa shape index (κ2) is 6.24. The van der Waals surface area contributed by atoms with E-state index in [1.807, 2.05) is 36.1 Å². The van der Waals surface area contributed by atoms with Gasteiger partial charge in [0.25, 0.3) is 5.56 Å². The highest BCUT2D eigenvalue weighted by Crippen LogP contribution is 2.29. The Morgan fingerprint density at radius 3 is 2.83 bits per heavy atom. The summed E-state index contributed by atoms with van der Waals surface area (Å²) < 4.78 is 0. The van der Waals surface area contributed by atoms with Crippen molar-refractivity contribution in [3.05, 3.63) is 52.4 Å². The molecule has 0 saturated carbocycles. The normalized spacial score (nSPS) is 18.8. The second-order valence-electron chi connectivity index (χ2n) is 5.86. The molecule has 0 fully saturated rings. The number of rotatable bonds is 3. The predicted octanol–water partition coefficient (Wildman–Crippen LogP) is 2.14.